The molecule has 0 radical (unpaired) electrons. The Labute approximate surface area is 128 Å². The fourth-order valence-electron chi connectivity index (χ4n) is 1.92. The van der Waals surface area contributed by atoms with Crippen LogP contribution in [0.4, 0.5) is 0 Å². The summed E-state index contributed by atoms with van der Waals surface area (Å²) in [4.78, 5) is 25.7. The lowest BCUT2D eigenvalue weighted by molar-refractivity contribution is 0.0939. The molecule has 1 heterocycles. The van der Waals surface area contributed by atoms with E-state index in [0.717, 1.165) is 11.8 Å². The molecule has 7 heteroatoms. The molecule has 0 aliphatic heterocycles. The Balaban J connectivity index is 2.11. The van der Waals surface area contributed by atoms with Gasteiger partial charge in [-0.05, 0) is 30.7 Å². The van der Waals surface area contributed by atoms with E-state index in [-0.39, 0.29) is 22.4 Å². The Bertz CT molecular complexity index is 818. The summed E-state index contributed by atoms with van der Waals surface area (Å²) in [6.45, 7) is 1.79. The first-order chi connectivity index (χ1) is 10.3. The first-order valence-corrected chi connectivity index (χ1v) is 8.46. The van der Waals surface area contributed by atoms with Crippen LogP contribution in [-0.2, 0) is 9.84 Å². The van der Waals surface area contributed by atoms with Gasteiger partial charge >= 0.3 is 0 Å². The molecule has 0 spiro atoms. The number of sulfone groups is 1. The van der Waals surface area contributed by atoms with Crippen LogP contribution in [0.3, 0.4) is 0 Å². The van der Waals surface area contributed by atoms with Crippen molar-refractivity contribution >= 4 is 15.7 Å². The Morgan fingerprint density at radius 2 is 1.77 bits per heavy atom. The summed E-state index contributed by atoms with van der Waals surface area (Å²) in [7, 11) is -3.24. The second-order valence-electron chi connectivity index (χ2n) is 4.98. The van der Waals surface area contributed by atoms with Crippen molar-refractivity contribution in [2.45, 2.75) is 17.9 Å². The average Bonchev–Trinajstić information content (AvgIpc) is 2.47. The molecule has 0 aliphatic rings. The minimum atomic E-state index is -3.24. The van der Waals surface area contributed by atoms with Crippen LogP contribution in [0.5, 0.6) is 0 Å². The molecule has 0 aliphatic carbocycles. The maximum Gasteiger partial charge on any atom is 0.253 e. The average molecular weight is 320 g/mol. The minimum absolute atomic E-state index is 0.232. The maximum atomic E-state index is 12.0. The van der Waals surface area contributed by atoms with Gasteiger partial charge in [-0.15, -0.1) is 0 Å². The van der Waals surface area contributed by atoms with Crippen molar-refractivity contribution in [2.24, 2.45) is 0 Å². The van der Waals surface area contributed by atoms with Gasteiger partial charge in [-0.25, -0.2) is 8.42 Å². The van der Waals surface area contributed by atoms with Gasteiger partial charge < -0.3 is 10.3 Å². The number of hydrogen-bond acceptors (Lipinski definition) is 4. The first kappa shape index (κ1) is 16.0. The van der Waals surface area contributed by atoms with E-state index in [9.17, 15) is 18.0 Å². The first-order valence-electron chi connectivity index (χ1n) is 6.57. The number of nitrogens with one attached hydrogen (secondary N) is 2. The van der Waals surface area contributed by atoms with Crippen LogP contribution in [0, 0.1) is 0 Å². The number of H-pyrrole nitrogens is 1. The van der Waals surface area contributed by atoms with Gasteiger partial charge in [0.2, 0.25) is 5.56 Å². The van der Waals surface area contributed by atoms with Crippen molar-refractivity contribution in [1.82, 2.24) is 10.3 Å². The van der Waals surface area contributed by atoms with Crippen LogP contribution in [0.1, 0.15) is 28.9 Å². The third-order valence-electron chi connectivity index (χ3n) is 3.20. The van der Waals surface area contributed by atoms with Gasteiger partial charge in [-0.1, -0.05) is 12.1 Å². The molecule has 2 aromatic rings. The quantitative estimate of drug-likeness (QED) is 0.886. The monoisotopic (exact) mass is 320 g/mol. The van der Waals surface area contributed by atoms with Gasteiger partial charge in [-0.2, -0.15) is 0 Å². The summed E-state index contributed by atoms with van der Waals surface area (Å²) >= 11 is 0. The fourth-order valence-corrected chi connectivity index (χ4v) is 2.55. The van der Waals surface area contributed by atoms with E-state index in [1.165, 1.54) is 30.5 Å². The van der Waals surface area contributed by atoms with Crippen LogP contribution in [0.15, 0.2) is 52.3 Å². The van der Waals surface area contributed by atoms with E-state index in [0.29, 0.717) is 5.56 Å². The summed E-state index contributed by atoms with van der Waals surface area (Å²) < 4.78 is 22.8. The number of aromatic nitrogens is 1. The van der Waals surface area contributed by atoms with Crippen LogP contribution >= 0.6 is 0 Å². The third kappa shape index (κ3) is 3.82. The van der Waals surface area contributed by atoms with Crippen molar-refractivity contribution in [2.75, 3.05) is 6.26 Å². The topological polar surface area (TPSA) is 96.1 Å². The summed E-state index contributed by atoms with van der Waals surface area (Å²) in [5.74, 6) is -0.323. The van der Waals surface area contributed by atoms with E-state index in [1.54, 1.807) is 19.1 Å². The molecule has 0 bridgehead atoms. The minimum Gasteiger partial charge on any atom is -0.345 e. The molecule has 0 fully saturated rings. The van der Waals surface area contributed by atoms with E-state index >= 15 is 0 Å². The van der Waals surface area contributed by atoms with Crippen molar-refractivity contribution in [3.05, 3.63) is 64.1 Å². The normalized spacial score (nSPS) is 12.6. The highest BCUT2D eigenvalue weighted by atomic mass is 32.2. The highest BCUT2D eigenvalue weighted by molar-refractivity contribution is 7.90. The molecule has 1 amide bonds. The zero-order valence-electron chi connectivity index (χ0n) is 12.2. The van der Waals surface area contributed by atoms with Crippen molar-refractivity contribution in [3.8, 4) is 0 Å². The highest BCUT2D eigenvalue weighted by Crippen LogP contribution is 2.16. The Kier molecular flexibility index (Phi) is 4.46. The van der Waals surface area contributed by atoms with Gasteiger partial charge in [0.05, 0.1) is 16.5 Å². The lowest BCUT2D eigenvalue weighted by Gasteiger charge is -2.14. The molecule has 2 rings (SSSR count). The number of rotatable bonds is 4. The van der Waals surface area contributed by atoms with Crippen LogP contribution in [0.25, 0.3) is 0 Å². The van der Waals surface area contributed by atoms with Crippen LogP contribution in [0.2, 0.25) is 0 Å². The van der Waals surface area contributed by atoms with Crippen molar-refractivity contribution in [3.63, 3.8) is 0 Å². The Morgan fingerprint density at radius 3 is 2.27 bits per heavy atom. The van der Waals surface area contributed by atoms with Gasteiger partial charge in [0, 0.05) is 18.5 Å². The van der Waals surface area contributed by atoms with Gasteiger partial charge in [0.15, 0.2) is 9.84 Å². The molecular formula is C15H16N2O4S. The lowest BCUT2D eigenvalue weighted by Crippen LogP contribution is -2.27. The van der Waals surface area contributed by atoms with Gasteiger partial charge in [0.1, 0.15) is 0 Å². The molecule has 0 saturated carbocycles. The molecular weight excluding hydrogens is 304 g/mol. The number of aromatic amines is 1. The van der Waals surface area contributed by atoms with E-state index in [4.69, 9.17) is 0 Å². The zero-order valence-corrected chi connectivity index (χ0v) is 13.0. The molecule has 1 unspecified atom stereocenters. The standard InChI is InChI=1S/C15H16N2O4S/c1-10(11-3-6-13(7-4-11)22(2,20)21)17-15(19)12-5-8-14(18)16-9-12/h3-10H,1-2H3,(H,16,18)(H,17,19). The highest BCUT2D eigenvalue weighted by Gasteiger charge is 2.13. The van der Waals surface area contributed by atoms with Gasteiger partial charge in [-0.3, -0.25) is 9.59 Å². The molecule has 1 aromatic carbocycles. The predicted octanol–water partition coefficient (Wildman–Crippen LogP) is 1.27. The van der Waals surface area contributed by atoms with E-state index in [2.05, 4.69) is 10.3 Å². The molecule has 116 valence electrons. The second kappa shape index (κ2) is 6.15. The van der Waals surface area contributed by atoms with Crippen LogP contribution < -0.4 is 10.9 Å². The summed E-state index contributed by atoms with van der Waals surface area (Å²) in [6.07, 6.45) is 2.49. The molecule has 2 N–H and O–H groups in total. The second-order valence-corrected chi connectivity index (χ2v) is 6.99. The number of benzene rings is 1. The fraction of sp³-hybridized carbons (Fsp3) is 0.200. The van der Waals surface area contributed by atoms with Crippen molar-refractivity contribution in [1.29, 1.82) is 0 Å². The van der Waals surface area contributed by atoms with E-state index < -0.39 is 9.84 Å². The number of pyridine rings is 1. The lowest BCUT2D eigenvalue weighted by atomic mass is 10.1. The summed E-state index contributed by atoms with van der Waals surface area (Å²) in [6, 6.07) is 8.75. The Morgan fingerprint density at radius 1 is 1.14 bits per heavy atom. The number of amides is 1. The smallest absolute Gasteiger partial charge is 0.253 e. The molecule has 22 heavy (non-hydrogen) atoms. The van der Waals surface area contributed by atoms with E-state index in [1.807, 2.05) is 0 Å². The summed E-state index contributed by atoms with van der Waals surface area (Å²) in [5, 5.41) is 2.78. The predicted molar refractivity (Wildman–Crippen MR) is 82.5 cm³/mol. The number of carbonyl (C=O) groups is 1. The molecule has 1 aromatic heterocycles. The van der Waals surface area contributed by atoms with Gasteiger partial charge in [0.25, 0.3) is 5.91 Å². The number of carbonyl (C=O) groups excluding carboxylic acids is 1. The molecule has 1 atom stereocenters. The zero-order chi connectivity index (χ0) is 16.3. The summed E-state index contributed by atoms with van der Waals surface area (Å²) in [5.41, 5.74) is 0.852. The van der Waals surface area contributed by atoms with Crippen LogP contribution in [-0.4, -0.2) is 25.6 Å². The number of hydrogen-bond donors (Lipinski definition) is 2. The SMILES string of the molecule is CC(NC(=O)c1ccc(=O)[nH]c1)c1ccc(S(C)(=O)=O)cc1. The largest absolute Gasteiger partial charge is 0.345 e. The molecule has 6 nitrogen and oxygen atoms in total. The Hall–Kier alpha value is -2.41. The maximum absolute atomic E-state index is 12.0. The van der Waals surface area contributed by atoms with Crippen molar-refractivity contribution < 1.29 is 13.2 Å². The third-order valence-corrected chi connectivity index (χ3v) is 4.33. The molecule has 0 saturated heterocycles.